The van der Waals surface area contributed by atoms with Crippen LogP contribution in [0.1, 0.15) is 15.9 Å². The van der Waals surface area contributed by atoms with Crippen LogP contribution in [-0.4, -0.2) is 34.9 Å². The monoisotopic (exact) mass is 357 g/mol. The number of ether oxygens (including phenoxy) is 1. The Bertz CT molecular complexity index is 912. The number of benzene rings is 1. The van der Waals surface area contributed by atoms with Gasteiger partial charge in [-0.15, -0.1) is 0 Å². The molecule has 0 saturated heterocycles. The first kappa shape index (κ1) is 17.4. The van der Waals surface area contributed by atoms with Gasteiger partial charge in [0.15, 0.2) is 28.7 Å². The number of halogens is 1. The molecule has 2 N–H and O–H groups in total. The van der Waals surface area contributed by atoms with Gasteiger partial charge in [0.25, 0.3) is 0 Å². The van der Waals surface area contributed by atoms with Crippen LogP contribution < -0.4 is 10.1 Å². The molecule has 0 unspecified atom stereocenters. The Hall–Kier alpha value is -3.42. The number of aromatic nitrogens is 2. The van der Waals surface area contributed by atoms with E-state index in [1.54, 1.807) is 12.4 Å². The van der Waals surface area contributed by atoms with E-state index < -0.39 is 11.8 Å². The van der Waals surface area contributed by atoms with Gasteiger partial charge >= 0.3 is 5.97 Å². The zero-order chi connectivity index (χ0) is 18.5. The van der Waals surface area contributed by atoms with Crippen LogP contribution in [0.2, 0.25) is 0 Å². The molecule has 0 bridgehead atoms. The predicted molar refractivity (Wildman–Crippen MR) is 91.8 cm³/mol. The Morgan fingerprint density at radius 3 is 2.77 bits per heavy atom. The molecule has 0 aliphatic carbocycles. The number of hydrogen-bond acceptors (Lipinski definition) is 6. The molecule has 0 aliphatic rings. The van der Waals surface area contributed by atoms with Crippen molar-refractivity contribution >= 4 is 11.8 Å². The van der Waals surface area contributed by atoms with Crippen molar-refractivity contribution in [2.45, 2.75) is 6.42 Å². The van der Waals surface area contributed by atoms with Gasteiger partial charge in [-0.05, 0) is 42.3 Å². The number of aromatic carboxylic acids is 1. The number of pyridine rings is 1. The second-order valence-corrected chi connectivity index (χ2v) is 5.42. The van der Waals surface area contributed by atoms with Crippen LogP contribution in [0.4, 0.5) is 10.2 Å². The Morgan fingerprint density at radius 2 is 2.08 bits per heavy atom. The number of nitrogens with zero attached hydrogens (tertiary/aromatic N) is 2. The molecular weight excluding hydrogens is 341 g/mol. The molecule has 0 radical (unpaired) electrons. The zero-order valence-electron chi connectivity index (χ0n) is 13.9. The normalized spacial score (nSPS) is 10.5. The van der Waals surface area contributed by atoms with Crippen molar-refractivity contribution in [2.75, 3.05) is 19.0 Å². The third kappa shape index (κ3) is 3.64. The van der Waals surface area contributed by atoms with Crippen molar-refractivity contribution < 1.29 is 23.6 Å². The fraction of sp³-hybridized carbons (Fsp3) is 0.167. The van der Waals surface area contributed by atoms with E-state index in [2.05, 4.69) is 15.5 Å². The lowest BCUT2D eigenvalue weighted by atomic mass is 10.1. The predicted octanol–water partition coefficient (Wildman–Crippen LogP) is 3.24. The van der Waals surface area contributed by atoms with Gasteiger partial charge in [-0.3, -0.25) is 4.98 Å². The lowest BCUT2D eigenvalue weighted by Crippen LogP contribution is -2.09. The summed E-state index contributed by atoms with van der Waals surface area (Å²) in [6.07, 6.45) is 4.04. The summed E-state index contributed by atoms with van der Waals surface area (Å²) < 4.78 is 23.7. The highest BCUT2D eigenvalue weighted by molar-refractivity contribution is 5.99. The molecule has 3 rings (SSSR count). The fourth-order valence-electron chi connectivity index (χ4n) is 2.48. The maximum Gasteiger partial charge on any atom is 0.343 e. The van der Waals surface area contributed by atoms with Crippen LogP contribution in [0.25, 0.3) is 11.3 Å². The van der Waals surface area contributed by atoms with Crippen molar-refractivity contribution in [2.24, 2.45) is 0 Å². The molecule has 1 aromatic carbocycles. The minimum atomic E-state index is -1.20. The molecule has 0 amide bonds. The Kier molecular flexibility index (Phi) is 5.12. The smallest absolute Gasteiger partial charge is 0.343 e. The van der Waals surface area contributed by atoms with Gasteiger partial charge in [-0.2, -0.15) is 0 Å². The van der Waals surface area contributed by atoms with E-state index >= 15 is 0 Å². The standard InChI is InChI=1S/C18H16FN3O4/c1-25-14-10-12(2-3-13(14)19)16-15(18(23)24)17(22-26-16)21-9-6-11-4-7-20-8-5-11/h2-5,7-8,10H,6,9H2,1H3,(H,21,22)(H,23,24). The summed E-state index contributed by atoms with van der Waals surface area (Å²) in [7, 11) is 1.33. The van der Waals surface area contributed by atoms with E-state index in [9.17, 15) is 14.3 Å². The summed E-state index contributed by atoms with van der Waals surface area (Å²) in [6.45, 7) is 0.461. The molecule has 0 fully saturated rings. The third-order valence-electron chi connectivity index (χ3n) is 3.77. The number of carboxylic acids is 1. The maximum atomic E-state index is 13.6. The van der Waals surface area contributed by atoms with Crippen LogP contribution in [0.5, 0.6) is 5.75 Å². The van der Waals surface area contributed by atoms with Crippen molar-refractivity contribution in [1.82, 2.24) is 10.1 Å². The molecular formula is C18H16FN3O4. The first-order chi connectivity index (χ1) is 12.6. The average Bonchev–Trinajstić information content (AvgIpc) is 3.07. The van der Waals surface area contributed by atoms with Gasteiger partial charge < -0.3 is 19.7 Å². The third-order valence-corrected chi connectivity index (χ3v) is 3.77. The van der Waals surface area contributed by atoms with Gasteiger partial charge in [0.2, 0.25) is 0 Å². The number of hydrogen-bond donors (Lipinski definition) is 2. The molecule has 0 saturated carbocycles. The highest BCUT2D eigenvalue weighted by atomic mass is 19.1. The van der Waals surface area contributed by atoms with E-state index in [1.807, 2.05) is 12.1 Å². The van der Waals surface area contributed by atoms with Gasteiger partial charge in [0.05, 0.1) is 7.11 Å². The fourth-order valence-corrected chi connectivity index (χ4v) is 2.48. The molecule has 8 heteroatoms. The maximum absolute atomic E-state index is 13.6. The molecule has 0 atom stereocenters. The van der Waals surface area contributed by atoms with Crippen LogP contribution >= 0.6 is 0 Å². The van der Waals surface area contributed by atoms with Gasteiger partial charge in [-0.1, -0.05) is 5.16 Å². The summed E-state index contributed by atoms with van der Waals surface area (Å²) in [6, 6.07) is 7.70. The zero-order valence-corrected chi connectivity index (χ0v) is 13.9. The van der Waals surface area contributed by atoms with Crippen molar-refractivity contribution in [1.29, 1.82) is 0 Å². The van der Waals surface area contributed by atoms with Crippen molar-refractivity contribution in [3.05, 3.63) is 59.7 Å². The van der Waals surface area contributed by atoms with E-state index in [0.717, 1.165) is 5.56 Å². The van der Waals surface area contributed by atoms with Gasteiger partial charge in [0, 0.05) is 24.5 Å². The topological polar surface area (TPSA) is 97.5 Å². The number of rotatable bonds is 7. The molecule has 2 heterocycles. The molecule has 26 heavy (non-hydrogen) atoms. The summed E-state index contributed by atoms with van der Waals surface area (Å²) in [5.74, 6) is -1.62. The Balaban J connectivity index is 1.83. The minimum Gasteiger partial charge on any atom is -0.494 e. The summed E-state index contributed by atoms with van der Waals surface area (Å²) >= 11 is 0. The molecule has 134 valence electrons. The van der Waals surface area contributed by atoms with Crippen LogP contribution in [0.15, 0.2) is 47.2 Å². The highest BCUT2D eigenvalue weighted by Gasteiger charge is 2.24. The SMILES string of the molecule is COc1cc(-c2onc(NCCc3ccncc3)c2C(=O)O)ccc1F. The van der Waals surface area contributed by atoms with Crippen molar-refractivity contribution in [3.8, 4) is 17.1 Å². The molecule has 3 aromatic rings. The van der Waals surface area contributed by atoms with Crippen LogP contribution in [0, 0.1) is 5.82 Å². The highest BCUT2D eigenvalue weighted by Crippen LogP contribution is 2.32. The largest absolute Gasteiger partial charge is 0.494 e. The van der Waals surface area contributed by atoms with Crippen LogP contribution in [0.3, 0.4) is 0 Å². The first-order valence-corrected chi connectivity index (χ1v) is 7.79. The van der Waals surface area contributed by atoms with Gasteiger partial charge in [-0.25, -0.2) is 9.18 Å². The second-order valence-electron chi connectivity index (χ2n) is 5.42. The molecule has 7 nitrogen and oxygen atoms in total. The minimum absolute atomic E-state index is 0.0116. The molecule has 2 aromatic heterocycles. The second kappa shape index (κ2) is 7.64. The van der Waals surface area contributed by atoms with E-state index in [4.69, 9.17) is 9.26 Å². The lowest BCUT2D eigenvalue weighted by Gasteiger charge is -2.05. The van der Waals surface area contributed by atoms with E-state index in [-0.39, 0.29) is 22.9 Å². The number of methoxy groups -OCH3 is 1. The Morgan fingerprint density at radius 1 is 1.31 bits per heavy atom. The average molecular weight is 357 g/mol. The van der Waals surface area contributed by atoms with Crippen LogP contribution in [-0.2, 0) is 6.42 Å². The lowest BCUT2D eigenvalue weighted by molar-refractivity contribution is 0.0698. The van der Waals surface area contributed by atoms with Gasteiger partial charge in [0.1, 0.15) is 0 Å². The summed E-state index contributed by atoms with van der Waals surface area (Å²) in [4.78, 5) is 15.6. The number of carbonyl (C=O) groups is 1. The van der Waals surface area contributed by atoms with E-state index in [0.29, 0.717) is 18.5 Å². The van der Waals surface area contributed by atoms with E-state index in [1.165, 1.54) is 25.3 Å². The Labute approximate surface area is 148 Å². The summed E-state index contributed by atoms with van der Waals surface area (Å²) in [5.41, 5.74) is 1.29. The van der Waals surface area contributed by atoms with Crippen molar-refractivity contribution in [3.63, 3.8) is 0 Å². The number of carboxylic acid groups (broad SMARTS) is 1. The number of anilines is 1. The summed E-state index contributed by atoms with van der Waals surface area (Å²) in [5, 5.41) is 16.3. The molecule has 0 aliphatic heterocycles. The first-order valence-electron chi connectivity index (χ1n) is 7.79. The molecule has 0 spiro atoms. The quantitative estimate of drug-likeness (QED) is 0.670. The number of nitrogens with one attached hydrogen (secondary N) is 1.